The molecule has 5 heteroatoms. The van der Waals surface area contributed by atoms with Crippen molar-refractivity contribution in [3.05, 3.63) is 65.7 Å². The number of carbonyl (C=O) groups excluding carboxylic acids is 1. The molecule has 1 fully saturated rings. The molecule has 1 saturated carbocycles. The van der Waals surface area contributed by atoms with Crippen molar-refractivity contribution < 1.29 is 28.0 Å². The molecule has 0 aromatic heterocycles. The Morgan fingerprint density at radius 3 is 2.35 bits per heavy atom. The van der Waals surface area contributed by atoms with E-state index in [0.717, 1.165) is 25.7 Å². The van der Waals surface area contributed by atoms with Crippen LogP contribution in [0.3, 0.4) is 0 Å². The molecule has 2 aromatic rings. The molecular weight excluding hydrogens is 390 g/mol. The fraction of sp³-hybridized carbons (Fsp3) is 0.500. The predicted molar refractivity (Wildman–Crippen MR) is 122 cm³/mol. The summed E-state index contributed by atoms with van der Waals surface area (Å²) in [7, 11) is 0. The largest absolute Gasteiger partial charge is 0.493 e. The summed E-state index contributed by atoms with van der Waals surface area (Å²) in [6.07, 6.45) is 4.44. The van der Waals surface area contributed by atoms with Crippen LogP contribution in [0.5, 0.6) is 5.75 Å². The molecule has 5 nitrogen and oxygen atoms in total. The Kier molecular flexibility index (Phi) is 5.17. The van der Waals surface area contributed by atoms with E-state index in [9.17, 15) is 15.0 Å². The molecule has 0 heterocycles. The van der Waals surface area contributed by atoms with E-state index in [1.807, 2.05) is 0 Å². The maximum atomic E-state index is 13.2. The molecule has 1 amide bonds. The lowest BCUT2D eigenvalue weighted by Crippen LogP contribution is -2.44. The fourth-order valence-electron chi connectivity index (χ4n) is 4.08. The molecule has 0 unspecified atom stereocenters. The molecule has 2 aromatic carbocycles. The van der Waals surface area contributed by atoms with E-state index in [4.69, 9.17) is 13.0 Å². The summed E-state index contributed by atoms with van der Waals surface area (Å²) < 4.78 is 53.4. The summed E-state index contributed by atoms with van der Waals surface area (Å²) in [5.74, 6) is -1.41. The first-order valence-corrected chi connectivity index (χ1v) is 10.6. The van der Waals surface area contributed by atoms with Crippen LogP contribution in [0.15, 0.2) is 54.6 Å². The quantitative estimate of drug-likeness (QED) is 0.552. The Balaban J connectivity index is 1.95. The molecule has 3 rings (SSSR count). The lowest BCUT2D eigenvalue weighted by Gasteiger charge is -2.32. The van der Waals surface area contributed by atoms with E-state index < -0.39 is 43.8 Å². The van der Waals surface area contributed by atoms with Gasteiger partial charge in [-0.05, 0) is 49.8 Å². The van der Waals surface area contributed by atoms with E-state index >= 15 is 0 Å². The zero-order valence-electron chi connectivity index (χ0n) is 23.8. The number of ether oxygens (including phenoxy) is 1. The van der Waals surface area contributed by atoms with E-state index in [0.29, 0.717) is 17.9 Å². The van der Waals surface area contributed by atoms with E-state index in [1.165, 1.54) is 12.1 Å². The number of nitrogens with one attached hydrogen (secondary N) is 1. The zero-order valence-corrected chi connectivity index (χ0v) is 17.8. The number of aliphatic hydroxyl groups is 2. The van der Waals surface area contributed by atoms with Gasteiger partial charge in [0, 0.05) is 13.6 Å². The highest BCUT2D eigenvalue weighted by molar-refractivity contribution is 5.84. The average molecular weight is 432 g/mol. The first kappa shape index (κ1) is 16.3. The molecule has 3 N–H and O–H groups in total. The van der Waals surface area contributed by atoms with E-state index in [1.54, 1.807) is 42.5 Å². The summed E-state index contributed by atoms with van der Waals surface area (Å²) in [5, 5.41) is 23.6. The van der Waals surface area contributed by atoms with Crippen LogP contribution in [-0.2, 0) is 4.79 Å². The standard InChI is InChI=1S/C26H35NO4/c1-25(2,30)23(27-24(29)22(17-28)19-9-5-4-6-10-19)20-11-13-21(14-12-20)31-18-26(3)15-7-8-16-26/h4-6,9-14,22-23,28,30H,7-8,15-18H2,1-3H3,(H,27,29)/t22-,23+/m0/s1/i1D3,2D3. The van der Waals surface area contributed by atoms with Crippen LogP contribution in [0.2, 0.25) is 0 Å². The SMILES string of the molecule is [2H]C([2H])([2H])C(O)([C@H](NC(=O)[C@@H](CO)c1ccccc1)c1ccc(OCC2(C)CCCC2)cc1)C([2H])([2H])[2H]. The van der Waals surface area contributed by atoms with Crippen molar-refractivity contribution in [1.29, 1.82) is 0 Å². The van der Waals surface area contributed by atoms with E-state index in [-0.39, 0.29) is 11.0 Å². The third-order valence-corrected chi connectivity index (χ3v) is 6.02. The molecular formula is C26H35NO4. The van der Waals surface area contributed by atoms with Gasteiger partial charge in [-0.15, -0.1) is 0 Å². The third-order valence-electron chi connectivity index (χ3n) is 6.02. The van der Waals surface area contributed by atoms with Gasteiger partial charge in [0.15, 0.2) is 0 Å². The molecule has 31 heavy (non-hydrogen) atoms. The van der Waals surface area contributed by atoms with Crippen molar-refractivity contribution in [2.24, 2.45) is 5.41 Å². The van der Waals surface area contributed by atoms with Gasteiger partial charge in [-0.25, -0.2) is 0 Å². The van der Waals surface area contributed by atoms with Crippen molar-refractivity contribution in [1.82, 2.24) is 5.32 Å². The van der Waals surface area contributed by atoms with Crippen molar-refractivity contribution in [3.8, 4) is 5.75 Å². The van der Waals surface area contributed by atoms with Gasteiger partial charge in [0.2, 0.25) is 5.91 Å². The van der Waals surface area contributed by atoms with Crippen LogP contribution in [-0.4, -0.2) is 34.9 Å². The number of amides is 1. The maximum absolute atomic E-state index is 13.2. The van der Waals surface area contributed by atoms with Crippen molar-refractivity contribution >= 4 is 5.91 Å². The van der Waals surface area contributed by atoms with Crippen LogP contribution in [0.25, 0.3) is 0 Å². The number of hydrogen-bond donors (Lipinski definition) is 3. The van der Waals surface area contributed by atoms with Gasteiger partial charge in [0.05, 0.1) is 30.8 Å². The summed E-state index contributed by atoms with van der Waals surface area (Å²) in [6, 6.07) is 12.5. The van der Waals surface area contributed by atoms with Crippen molar-refractivity contribution in [2.45, 2.75) is 63.9 Å². The zero-order chi connectivity index (χ0) is 27.5. The van der Waals surface area contributed by atoms with Crippen LogP contribution < -0.4 is 10.1 Å². The molecule has 0 radical (unpaired) electrons. The Labute approximate surface area is 193 Å². The van der Waals surface area contributed by atoms with Gasteiger partial charge < -0.3 is 20.3 Å². The average Bonchev–Trinajstić information content (AvgIpc) is 3.27. The Morgan fingerprint density at radius 2 is 1.77 bits per heavy atom. The van der Waals surface area contributed by atoms with Gasteiger partial charge in [-0.3, -0.25) is 4.79 Å². The van der Waals surface area contributed by atoms with Gasteiger partial charge in [0.25, 0.3) is 0 Å². The second-order valence-corrected chi connectivity index (χ2v) is 8.73. The van der Waals surface area contributed by atoms with Crippen LogP contribution >= 0.6 is 0 Å². The lowest BCUT2D eigenvalue weighted by atomic mass is 9.90. The van der Waals surface area contributed by atoms with Gasteiger partial charge in [0.1, 0.15) is 5.75 Å². The second-order valence-electron chi connectivity index (χ2n) is 8.73. The molecule has 0 spiro atoms. The topological polar surface area (TPSA) is 78.8 Å². The minimum atomic E-state index is -3.39. The Morgan fingerprint density at radius 1 is 1.13 bits per heavy atom. The summed E-state index contributed by atoms with van der Waals surface area (Å²) in [6.45, 7) is -4.70. The number of rotatable bonds is 9. The monoisotopic (exact) mass is 431 g/mol. The van der Waals surface area contributed by atoms with Crippen LogP contribution in [0, 0.1) is 5.41 Å². The first-order valence-electron chi connectivity index (χ1n) is 13.6. The number of benzene rings is 2. The minimum absolute atomic E-state index is 0.0762. The van der Waals surface area contributed by atoms with E-state index in [2.05, 4.69) is 12.2 Å². The summed E-state index contributed by atoms with van der Waals surface area (Å²) >= 11 is 0. The molecule has 1 aliphatic carbocycles. The highest BCUT2D eigenvalue weighted by Gasteiger charge is 2.33. The second kappa shape index (κ2) is 9.84. The van der Waals surface area contributed by atoms with Gasteiger partial charge >= 0.3 is 0 Å². The molecule has 0 bridgehead atoms. The third kappa shape index (κ3) is 6.08. The molecule has 1 aliphatic rings. The minimum Gasteiger partial charge on any atom is -0.493 e. The van der Waals surface area contributed by atoms with Crippen LogP contribution in [0.1, 0.15) is 77.6 Å². The molecule has 168 valence electrons. The fourth-order valence-corrected chi connectivity index (χ4v) is 4.08. The first-order chi connectivity index (χ1) is 17.2. The highest BCUT2D eigenvalue weighted by Crippen LogP contribution is 2.38. The van der Waals surface area contributed by atoms with Crippen molar-refractivity contribution in [2.75, 3.05) is 13.2 Å². The molecule has 2 atom stereocenters. The molecule has 0 aliphatic heterocycles. The number of carbonyl (C=O) groups is 1. The molecule has 0 saturated heterocycles. The van der Waals surface area contributed by atoms with Crippen molar-refractivity contribution in [3.63, 3.8) is 0 Å². The highest BCUT2D eigenvalue weighted by atomic mass is 16.5. The Bertz CT molecular complexity index is 1020. The number of hydrogen-bond acceptors (Lipinski definition) is 4. The number of aliphatic hydroxyl groups excluding tert-OH is 1. The summed E-state index contributed by atoms with van der Waals surface area (Å²) in [4.78, 5) is 13.2. The van der Waals surface area contributed by atoms with Gasteiger partial charge in [-0.2, -0.15) is 0 Å². The summed E-state index contributed by atoms with van der Waals surface area (Å²) in [5.41, 5.74) is -2.70. The maximum Gasteiger partial charge on any atom is 0.230 e. The lowest BCUT2D eigenvalue weighted by molar-refractivity contribution is -0.126. The normalized spacial score (nSPS) is 21.4. The predicted octanol–water partition coefficient (Wildman–Crippen LogP) is 4.35. The Hall–Kier alpha value is -2.37. The smallest absolute Gasteiger partial charge is 0.230 e. The van der Waals surface area contributed by atoms with Crippen LogP contribution in [0.4, 0.5) is 0 Å². The van der Waals surface area contributed by atoms with Gasteiger partial charge in [-0.1, -0.05) is 62.2 Å².